The van der Waals surface area contributed by atoms with Crippen LogP contribution >= 0.6 is 0 Å². The Kier molecular flexibility index (Phi) is 4.49. The summed E-state index contributed by atoms with van der Waals surface area (Å²) >= 11 is 0. The molecule has 1 atom stereocenters. The summed E-state index contributed by atoms with van der Waals surface area (Å²) in [5.74, 6) is 0.645. The Hall–Kier alpha value is -1.75. The number of nitrogens with two attached hydrogens (primary N) is 1. The van der Waals surface area contributed by atoms with Gasteiger partial charge in [0.25, 0.3) is 5.91 Å². The van der Waals surface area contributed by atoms with Gasteiger partial charge in [0.05, 0.1) is 12.7 Å². The van der Waals surface area contributed by atoms with E-state index >= 15 is 0 Å². The van der Waals surface area contributed by atoms with Crippen LogP contribution in [0.2, 0.25) is 0 Å². The van der Waals surface area contributed by atoms with E-state index in [9.17, 15) is 4.79 Å². The summed E-state index contributed by atoms with van der Waals surface area (Å²) in [6.07, 6.45) is 0. The topological polar surface area (TPSA) is 58.8 Å². The Labute approximate surface area is 120 Å². The first kappa shape index (κ1) is 14.7. The number of nitrogen functional groups attached to an aromatic ring is 1. The number of carbonyl (C=O) groups is 1. The van der Waals surface area contributed by atoms with Crippen LogP contribution in [0.4, 0.5) is 5.69 Å². The predicted molar refractivity (Wildman–Crippen MR) is 80.0 cm³/mol. The van der Waals surface area contributed by atoms with Gasteiger partial charge >= 0.3 is 0 Å². The second-order valence-electron chi connectivity index (χ2n) is 5.18. The van der Waals surface area contributed by atoms with Gasteiger partial charge in [-0.3, -0.25) is 9.69 Å². The molecular formula is C15H23N3O2. The average Bonchev–Trinajstić information content (AvgIpc) is 2.47. The minimum Gasteiger partial charge on any atom is -0.497 e. The van der Waals surface area contributed by atoms with E-state index in [4.69, 9.17) is 10.5 Å². The van der Waals surface area contributed by atoms with Gasteiger partial charge in [0, 0.05) is 31.4 Å². The molecule has 1 aliphatic rings. The summed E-state index contributed by atoms with van der Waals surface area (Å²) in [6.45, 7) is 7.71. The molecule has 5 heteroatoms. The normalized spacial score (nSPS) is 19.9. The molecule has 1 aliphatic heterocycles. The van der Waals surface area contributed by atoms with Crippen LogP contribution in [0.15, 0.2) is 18.2 Å². The standard InChI is InChI=1S/C15H23N3O2/c1-4-17-7-8-18(10-11(17)2)15(19)13-9-12(20-3)5-6-14(13)16/h5-6,9,11H,4,7-8,10,16H2,1-3H3. The fourth-order valence-corrected chi connectivity index (χ4v) is 2.67. The van der Waals surface area contributed by atoms with E-state index in [2.05, 4.69) is 18.7 Å². The van der Waals surface area contributed by atoms with Gasteiger partial charge in [-0.05, 0) is 31.7 Å². The minimum atomic E-state index is -0.0102. The molecule has 1 heterocycles. The molecule has 110 valence electrons. The van der Waals surface area contributed by atoms with Gasteiger partial charge in [-0.2, -0.15) is 0 Å². The number of likely N-dealkylation sites (N-methyl/N-ethyl adjacent to an activating group) is 1. The zero-order valence-corrected chi connectivity index (χ0v) is 12.4. The van der Waals surface area contributed by atoms with Crippen molar-refractivity contribution in [2.45, 2.75) is 19.9 Å². The average molecular weight is 277 g/mol. The third-order valence-corrected chi connectivity index (χ3v) is 3.95. The summed E-state index contributed by atoms with van der Waals surface area (Å²) in [7, 11) is 1.59. The number of hydrogen-bond acceptors (Lipinski definition) is 4. The highest BCUT2D eigenvalue weighted by atomic mass is 16.5. The number of methoxy groups -OCH3 is 1. The van der Waals surface area contributed by atoms with E-state index in [-0.39, 0.29) is 5.91 Å². The van der Waals surface area contributed by atoms with Crippen LogP contribution < -0.4 is 10.5 Å². The van der Waals surface area contributed by atoms with Gasteiger partial charge in [0.2, 0.25) is 0 Å². The van der Waals surface area contributed by atoms with Crippen LogP contribution in [0.1, 0.15) is 24.2 Å². The van der Waals surface area contributed by atoms with Gasteiger partial charge in [-0.15, -0.1) is 0 Å². The first-order valence-corrected chi connectivity index (χ1v) is 7.03. The molecule has 0 radical (unpaired) electrons. The number of anilines is 1. The van der Waals surface area contributed by atoms with Gasteiger partial charge in [0.1, 0.15) is 5.75 Å². The third kappa shape index (κ3) is 2.88. The fraction of sp³-hybridized carbons (Fsp3) is 0.533. The van der Waals surface area contributed by atoms with Crippen LogP contribution in [0, 0.1) is 0 Å². The van der Waals surface area contributed by atoms with E-state index < -0.39 is 0 Å². The van der Waals surface area contributed by atoms with Gasteiger partial charge < -0.3 is 15.4 Å². The van der Waals surface area contributed by atoms with E-state index in [0.717, 1.165) is 26.2 Å². The molecule has 5 nitrogen and oxygen atoms in total. The maximum Gasteiger partial charge on any atom is 0.256 e. The molecular weight excluding hydrogens is 254 g/mol. The van der Waals surface area contributed by atoms with Crippen molar-refractivity contribution in [3.8, 4) is 5.75 Å². The second kappa shape index (κ2) is 6.13. The zero-order chi connectivity index (χ0) is 14.7. The molecule has 0 spiro atoms. The molecule has 0 saturated carbocycles. The van der Waals surface area contributed by atoms with Crippen LogP contribution in [0.25, 0.3) is 0 Å². The van der Waals surface area contributed by atoms with Crippen LogP contribution in [0.3, 0.4) is 0 Å². The first-order valence-electron chi connectivity index (χ1n) is 7.03. The highest BCUT2D eigenvalue weighted by Crippen LogP contribution is 2.22. The summed E-state index contributed by atoms with van der Waals surface area (Å²) in [4.78, 5) is 16.9. The lowest BCUT2D eigenvalue weighted by molar-refractivity contribution is 0.0529. The Morgan fingerprint density at radius 1 is 1.45 bits per heavy atom. The van der Waals surface area contributed by atoms with Crippen molar-refractivity contribution in [2.75, 3.05) is 39.0 Å². The maximum atomic E-state index is 12.6. The van der Waals surface area contributed by atoms with Crippen molar-refractivity contribution in [3.05, 3.63) is 23.8 Å². The number of hydrogen-bond donors (Lipinski definition) is 1. The van der Waals surface area contributed by atoms with E-state index in [0.29, 0.717) is 23.0 Å². The molecule has 1 amide bonds. The van der Waals surface area contributed by atoms with E-state index in [1.165, 1.54) is 0 Å². The number of rotatable bonds is 3. The SMILES string of the molecule is CCN1CCN(C(=O)c2cc(OC)ccc2N)CC1C. The minimum absolute atomic E-state index is 0.0102. The van der Waals surface area contributed by atoms with Gasteiger partial charge in [-0.1, -0.05) is 6.92 Å². The molecule has 0 bridgehead atoms. The Morgan fingerprint density at radius 2 is 2.20 bits per heavy atom. The Morgan fingerprint density at radius 3 is 2.80 bits per heavy atom. The maximum absolute atomic E-state index is 12.6. The summed E-state index contributed by atoms with van der Waals surface area (Å²) in [5.41, 5.74) is 6.96. The van der Waals surface area contributed by atoms with Crippen molar-refractivity contribution in [1.82, 2.24) is 9.80 Å². The smallest absolute Gasteiger partial charge is 0.256 e. The quantitative estimate of drug-likeness (QED) is 0.849. The van der Waals surface area contributed by atoms with Crippen molar-refractivity contribution >= 4 is 11.6 Å². The lowest BCUT2D eigenvalue weighted by Crippen LogP contribution is -2.53. The Balaban J connectivity index is 2.16. The summed E-state index contributed by atoms with van der Waals surface area (Å²) in [5, 5.41) is 0. The zero-order valence-electron chi connectivity index (χ0n) is 12.4. The molecule has 2 N–H and O–H groups in total. The van der Waals surface area contributed by atoms with Crippen molar-refractivity contribution < 1.29 is 9.53 Å². The van der Waals surface area contributed by atoms with Crippen molar-refractivity contribution in [2.24, 2.45) is 0 Å². The number of benzene rings is 1. The molecule has 1 unspecified atom stereocenters. The van der Waals surface area contributed by atoms with Gasteiger partial charge in [0.15, 0.2) is 0 Å². The van der Waals surface area contributed by atoms with E-state index in [1.807, 2.05) is 4.90 Å². The molecule has 2 rings (SSSR count). The van der Waals surface area contributed by atoms with Crippen LogP contribution in [-0.4, -0.2) is 55.0 Å². The summed E-state index contributed by atoms with van der Waals surface area (Å²) < 4.78 is 5.17. The Bertz CT molecular complexity index is 490. The lowest BCUT2D eigenvalue weighted by atomic mass is 10.1. The van der Waals surface area contributed by atoms with Crippen LogP contribution in [-0.2, 0) is 0 Å². The molecule has 1 saturated heterocycles. The number of carbonyl (C=O) groups excluding carboxylic acids is 1. The largest absolute Gasteiger partial charge is 0.497 e. The molecule has 20 heavy (non-hydrogen) atoms. The number of piperazine rings is 1. The predicted octanol–water partition coefficient (Wildman–Crippen LogP) is 1.44. The van der Waals surface area contributed by atoms with Gasteiger partial charge in [-0.25, -0.2) is 0 Å². The summed E-state index contributed by atoms with van der Waals surface area (Å²) in [6, 6.07) is 5.58. The van der Waals surface area contributed by atoms with Crippen molar-refractivity contribution in [1.29, 1.82) is 0 Å². The molecule has 1 aromatic carbocycles. The number of amides is 1. The fourth-order valence-electron chi connectivity index (χ4n) is 2.67. The molecule has 1 fully saturated rings. The molecule has 0 aliphatic carbocycles. The highest BCUT2D eigenvalue weighted by Gasteiger charge is 2.27. The number of ether oxygens (including phenoxy) is 1. The third-order valence-electron chi connectivity index (χ3n) is 3.95. The number of nitrogens with zero attached hydrogens (tertiary/aromatic N) is 2. The van der Waals surface area contributed by atoms with E-state index in [1.54, 1.807) is 25.3 Å². The molecule has 1 aromatic rings. The highest BCUT2D eigenvalue weighted by molar-refractivity contribution is 5.99. The van der Waals surface area contributed by atoms with Crippen molar-refractivity contribution in [3.63, 3.8) is 0 Å². The monoisotopic (exact) mass is 277 g/mol. The molecule has 0 aromatic heterocycles. The van der Waals surface area contributed by atoms with Crippen LogP contribution in [0.5, 0.6) is 5.75 Å². The first-order chi connectivity index (χ1) is 9.56. The second-order valence-corrected chi connectivity index (χ2v) is 5.18. The lowest BCUT2D eigenvalue weighted by Gasteiger charge is -2.39.